The molecule has 1 aromatic rings. The molecule has 4 heteroatoms. The normalized spacial score (nSPS) is 11.0. The Labute approximate surface area is 117 Å². The Morgan fingerprint density at radius 2 is 1.89 bits per heavy atom. The van der Waals surface area contributed by atoms with Crippen LogP contribution < -0.4 is 10.2 Å². The van der Waals surface area contributed by atoms with Gasteiger partial charge in [-0.05, 0) is 38.7 Å². The molecule has 0 amide bonds. The van der Waals surface area contributed by atoms with E-state index < -0.39 is 0 Å². The second-order valence-electron chi connectivity index (χ2n) is 5.10. The van der Waals surface area contributed by atoms with Gasteiger partial charge in [0, 0.05) is 32.4 Å². The Morgan fingerprint density at radius 1 is 1.11 bits per heavy atom. The minimum absolute atomic E-state index is 0.898. The van der Waals surface area contributed by atoms with Gasteiger partial charge in [-0.15, -0.1) is 0 Å². The van der Waals surface area contributed by atoms with Crippen molar-refractivity contribution in [2.24, 2.45) is 0 Å². The lowest BCUT2D eigenvalue weighted by molar-refractivity contribution is 0.412. The van der Waals surface area contributed by atoms with Gasteiger partial charge >= 0.3 is 0 Å². The molecule has 0 fully saturated rings. The molecule has 0 saturated heterocycles. The molecule has 108 valence electrons. The number of nitrogens with one attached hydrogen (secondary N) is 1. The number of aromatic nitrogens is 1. The molecule has 0 saturated carbocycles. The van der Waals surface area contributed by atoms with Crippen molar-refractivity contribution in [2.45, 2.75) is 26.8 Å². The van der Waals surface area contributed by atoms with Crippen LogP contribution in [0, 0.1) is 0 Å². The highest BCUT2D eigenvalue weighted by atomic mass is 15.2. The smallest absolute Gasteiger partial charge is 0.128 e. The number of likely N-dealkylation sites (N-methyl/N-ethyl adjacent to an activating group) is 1. The van der Waals surface area contributed by atoms with Crippen LogP contribution in [0.1, 0.15) is 25.8 Å². The van der Waals surface area contributed by atoms with Crippen LogP contribution in [-0.2, 0) is 6.54 Å². The van der Waals surface area contributed by atoms with E-state index in [4.69, 9.17) is 0 Å². The highest BCUT2D eigenvalue weighted by Gasteiger charge is 2.07. The Bertz CT molecular complexity index is 335. The summed E-state index contributed by atoms with van der Waals surface area (Å²) < 4.78 is 0. The van der Waals surface area contributed by atoms with Gasteiger partial charge in [0.1, 0.15) is 5.82 Å². The van der Waals surface area contributed by atoms with E-state index in [9.17, 15) is 0 Å². The van der Waals surface area contributed by atoms with Crippen LogP contribution >= 0.6 is 0 Å². The summed E-state index contributed by atoms with van der Waals surface area (Å²) in [6, 6.07) is 4.31. The molecular formula is C15H28N4. The molecule has 1 rings (SSSR count). The van der Waals surface area contributed by atoms with E-state index in [2.05, 4.69) is 60.2 Å². The third-order valence-electron chi connectivity index (χ3n) is 3.02. The first-order valence-electron chi connectivity index (χ1n) is 7.22. The molecule has 0 aliphatic rings. The van der Waals surface area contributed by atoms with Gasteiger partial charge in [0.2, 0.25) is 0 Å². The van der Waals surface area contributed by atoms with Gasteiger partial charge in [-0.25, -0.2) is 4.98 Å². The van der Waals surface area contributed by atoms with E-state index in [-0.39, 0.29) is 0 Å². The summed E-state index contributed by atoms with van der Waals surface area (Å²) in [5.41, 5.74) is 1.25. The quantitative estimate of drug-likeness (QED) is 0.739. The van der Waals surface area contributed by atoms with Crippen molar-refractivity contribution in [3.63, 3.8) is 0 Å². The second kappa shape index (κ2) is 8.88. The van der Waals surface area contributed by atoms with Crippen molar-refractivity contribution in [3.05, 3.63) is 23.9 Å². The van der Waals surface area contributed by atoms with Gasteiger partial charge < -0.3 is 15.1 Å². The maximum absolute atomic E-state index is 4.60. The highest BCUT2D eigenvalue weighted by Crippen LogP contribution is 2.11. The summed E-state index contributed by atoms with van der Waals surface area (Å²) in [7, 11) is 4.22. The van der Waals surface area contributed by atoms with Crippen molar-refractivity contribution in [1.29, 1.82) is 0 Å². The average molecular weight is 264 g/mol. The summed E-state index contributed by atoms with van der Waals surface area (Å²) in [6.45, 7) is 9.37. The van der Waals surface area contributed by atoms with E-state index in [0.717, 1.165) is 45.0 Å². The fraction of sp³-hybridized carbons (Fsp3) is 0.667. The van der Waals surface area contributed by atoms with Crippen molar-refractivity contribution < 1.29 is 0 Å². The van der Waals surface area contributed by atoms with E-state index in [0.29, 0.717) is 0 Å². The molecule has 0 bridgehead atoms. The third kappa shape index (κ3) is 6.03. The van der Waals surface area contributed by atoms with Gasteiger partial charge in [-0.3, -0.25) is 0 Å². The lowest BCUT2D eigenvalue weighted by Crippen LogP contribution is -2.32. The zero-order valence-electron chi connectivity index (χ0n) is 12.8. The van der Waals surface area contributed by atoms with Gasteiger partial charge in [0.05, 0.1) is 0 Å². The number of hydrogen-bond donors (Lipinski definition) is 1. The summed E-state index contributed by atoms with van der Waals surface area (Å²) in [5.74, 6) is 1.09. The van der Waals surface area contributed by atoms with Gasteiger partial charge in [0.25, 0.3) is 0 Å². The van der Waals surface area contributed by atoms with Crippen LogP contribution in [0.25, 0.3) is 0 Å². The SMILES string of the molecule is CCCN(CCN(C)C)c1ccc(CNCC)cn1. The van der Waals surface area contributed by atoms with Crippen LogP contribution in [0.2, 0.25) is 0 Å². The highest BCUT2D eigenvalue weighted by molar-refractivity contribution is 5.39. The molecule has 4 nitrogen and oxygen atoms in total. The number of nitrogens with zero attached hydrogens (tertiary/aromatic N) is 3. The number of hydrogen-bond acceptors (Lipinski definition) is 4. The lowest BCUT2D eigenvalue weighted by atomic mass is 10.2. The molecule has 1 N–H and O–H groups in total. The maximum atomic E-state index is 4.60. The second-order valence-corrected chi connectivity index (χ2v) is 5.10. The first-order valence-corrected chi connectivity index (χ1v) is 7.22. The van der Waals surface area contributed by atoms with Crippen LogP contribution in [0.5, 0.6) is 0 Å². The fourth-order valence-electron chi connectivity index (χ4n) is 1.91. The standard InChI is InChI=1S/C15H28N4/c1-5-9-19(11-10-18(3)4)15-8-7-14(13-17-15)12-16-6-2/h7-8,13,16H,5-6,9-12H2,1-4H3. The molecular weight excluding hydrogens is 236 g/mol. The first kappa shape index (κ1) is 15.9. The predicted octanol–water partition coefficient (Wildman–Crippen LogP) is 1.97. The van der Waals surface area contributed by atoms with Crippen molar-refractivity contribution in [1.82, 2.24) is 15.2 Å². The van der Waals surface area contributed by atoms with E-state index >= 15 is 0 Å². The summed E-state index contributed by atoms with van der Waals surface area (Å²) >= 11 is 0. The van der Waals surface area contributed by atoms with E-state index in [1.165, 1.54) is 5.56 Å². The van der Waals surface area contributed by atoms with Gasteiger partial charge in [-0.1, -0.05) is 19.9 Å². The molecule has 1 aromatic heterocycles. The van der Waals surface area contributed by atoms with Crippen LogP contribution in [0.15, 0.2) is 18.3 Å². The molecule has 0 unspecified atom stereocenters. The molecule has 0 aliphatic heterocycles. The number of anilines is 1. The Hall–Kier alpha value is -1.13. The minimum atomic E-state index is 0.898. The molecule has 0 radical (unpaired) electrons. The van der Waals surface area contributed by atoms with Crippen LogP contribution in [0.3, 0.4) is 0 Å². The predicted molar refractivity (Wildman–Crippen MR) is 82.7 cm³/mol. The molecule has 19 heavy (non-hydrogen) atoms. The zero-order valence-corrected chi connectivity index (χ0v) is 12.8. The summed E-state index contributed by atoms with van der Waals surface area (Å²) in [5, 5.41) is 3.32. The minimum Gasteiger partial charge on any atom is -0.355 e. The Kier molecular flexibility index (Phi) is 7.45. The molecule has 0 atom stereocenters. The van der Waals surface area contributed by atoms with E-state index in [1.54, 1.807) is 0 Å². The molecule has 0 spiro atoms. The Morgan fingerprint density at radius 3 is 2.42 bits per heavy atom. The largest absolute Gasteiger partial charge is 0.355 e. The first-order chi connectivity index (χ1) is 9.17. The summed E-state index contributed by atoms with van der Waals surface area (Å²) in [6.07, 6.45) is 3.13. The fourth-order valence-corrected chi connectivity index (χ4v) is 1.91. The molecule has 0 aliphatic carbocycles. The molecule has 1 heterocycles. The average Bonchev–Trinajstić information content (AvgIpc) is 2.41. The van der Waals surface area contributed by atoms with Gasteiger partial charge in [-0.2, -0.15) is 0 Å². The number of rotatable bonds is 9. The topological polar surface area (TPSA) is 31.4 Å². The maximum Gasteiger partial charge on any atom is 0.128 e. The van der Waals surface area contributed by atoms with E-state index in [1.807, 2.05) is 6.20 Å². The van der Waals surface area contributed by atoms with Gasteiger partial charge in [0.15, 0.2) is 0 Å². The zero-order chi connectivity index (χ0) is 14.1. The lowest BCUT2D eigenvalue weighted by Gasteiger charge is -2.25. The third-order valence-corrected chi connectivity index (χ3v) is 3.02. The van der Waals surface area contributed by atoms with Crippen LogP contribution in [-0.4, -0.2) is 50.2 Å². The monoisotopic (exact) mass is 264 g/mol. The van der Waals surface area contributed by atoms with Crippen molar-refractivity contribution in [2.75, 3.05) is 45.2 Å². The van der Waals surface area contributed by atoms with Crippen LogP contribution in [0.4, 0.5) is 5.82 Å². The summed E-state index contributed by atoms with van der Waals surface area (Å²) in [4.78, 5) is 9.16. The number of pyridine rings is 1. The van der Waals surface area contributed by atoms with Crippen molar-refractivity contribution in [3.8, 4) is 0 Å². The Balaban J connectivity index is 2.62. The van der Waals surface area contributed by atoms with Crippen molar-refractivity contribution >= 4 is 5.82 Å². The molecule has 0 aromatic carbocycles.